The van der Waals surface area contributed by atoms with Crippen LogP contribution in [0.2, 0.25) is 0 Å². The summed E-state index contributed by atoms with van der Waals surface area (Å²) in [5.41, 5.74) is 3.36. The first kappa shape index (κ1) is 18.6. The largest absolute Gasteiger partial charge is 0.379 e. The van der Waals surface area contributed by atoms with Crippen molar-refractivity contribution in [1.82, 2.24) is 20.0 Å². The van der Waals surface area contributed by atoms with Gasteiger partial charge in [0.15, 0.2) is 5.82 Å². The lowest BCUT2D eigenvalue weighted by atomic mass is 10.0. The highest BCUT2D eigenvalue weighted by Crippen LogP contribution is 2.27. The molecule has 0 bridgehead atoms. The number of pyridine rings is 1. The Morgan fingerprint density at radius 1 is 1.11 bits per heavy atom. The van der Waals surface area contributed by atoms with Crippen LogP contribution < -0.4 is 5.32 Å². The van der Waals surface area contributed by atoms with E-state index in [2.05, 4.69) is 56.5 Å². The standard InChI is InChI=1S/C21H25N5O2/c1-15-5-7-17(8-6-15)19(26-10-12-27-13-11-26)14-23-20-18(4-3-9-22-20)21-24-16(2)25-28-21/h3-9,19H,10-14H2,1-2H3,(H,22,23). The third kappa shape index (κ3) is 4.21. The van der Waals surface area contributed by atoms with Crippen LogP contribution in [0.5, 0.6) is 0 Å². The summed E-state index contributed by atoms with van der Waals surface area (Å²) in [7, 11) is 0. The van der Waals surface area contributed by atoms with Gasteiger partial charge < -0.3 is 14.6 Å². The van der Waals surface area contributed by atoms with Gasteiger partial charge in [-0.05, 0) is 31.5 Å². The lowest BCUT2D eigenvalue weighted by molar-refractivity contribution is 0.0187. The Morgan fingerprint density at radius 3 is 2.61 bits per heavy atom. The van der Waals surface area contributed by atoms with Gasteiger partial charge in [-0.3, -0.25) is 4.90 Å². The number of hydrogen-bond donors (Lipinski definition) is 1. The summed E-state index contributed by atoms with van der Waals surface area (Å²) in [5.74, 6) is 1.83. The second-order valence-corrected chi connectivity index (χ2v) is 7.00. The number of nitrogens with one attached hydrogen (secondary N) is 1. The van der Waals surface area contributed by atoms with Crippen LogP contribution in [-0.2, 0) is 4.74 Å². The van der Waals surface area contributed by atoms with Crippen molar-refractivity contribution in [2.45, 2.75) is 19.9 Å². The Labute approximate surface area is 164 Å². The van der Waals surface area contributed by atoms with Crippen LogP contribution in [0.3, 0.4) is 0 Å². The molecule has 1 saturated heterocycles. The second kappa shape index (κ2) is 8.50. The fraction of sp³-hybridized carbons (Fsp3) is 0.381. The van der Waals surface area contributed by atoms with Gasteiger partial charge in [-0.1, -0.05) is 35.0 Å². The van der Waals surface area contributed by atoms with Crippen molar-refractivity contribution >= 4 is 5.82 Å². The third-order valence-electron chi connectivity index (χ3n) is 4.98. The number of anilines is 1. The first-order chi connectivity index (χ1) is 13.7. The molecule has 1 N–H and O–H groups in total. The van der Waals surface area contributed by atoms with Crippen molar-refractivity contribution in [2.75, 3.05) is 38.2 Å². The molecule has 0 radical (unpaired) electrons. The summed E-state index contributed by atoms with van der Waals surface area (Å²) in [4.78, 5) is 11.3. The molecule has 3 heterocycles. The number of ether oxygens (including phenoxy) is 1. The van der Waals surface area contributed by atoms with Gasteiger partial charge in [0.25, 0.3) is 5.89 Å². The monoisotopic (exact) mass is 379 g/mol. The van der Waals surface area contributed by atoms with E-state index in [9.17, 15) is 0 Å². The molecule has 1 unspecified atom stereocenters. The number of aryl methyl sites for hydroxylation is 2. The minimum absolute atomic E-state index is 0.226. The van der Waals surface area contributed by atoms with Crippen LogP contribution in [-0.4, -0.2) is 52.9 Å². The van der Waals surface area contributed by atoms with Crippen LogP contribution in [0.4, 0.5) is 5.82 Å². The molecule has 1 aliphatic rings. The molecule has 1 fully saturated rings. The van der Waals surface area contributed by atoms with E-state index in [4.69, 9.17) is 9.26 Å². The second-order valence-electron chi connectivity index (χ2n) is 7.00. The van der Waals surface area contributed by atoms with Crippen LogP contribution in [0.1, 0.15) is 23.0 Å². The zero-order valence-corrected chi connectivity index (χ0v) is 16.3. The molecule has 1 atom stereocenters. The maximum Gasteiger partial charge on any atom is 0.261 e. The van der Waals surface area contributed by atoms with Gasteiger partial charge >= 0.3 is 0 Å². The maximum absolute atomic E-state index is 5.54. The fourth-order valence-corrected chi connectivity index (χ4v) is 3.45. The average Bonchev–Trinajstić information content (AvgIpc) is 3.17. The van der Waals surface area contributed by atoms with Gasteiger partial charge in [0.1, 0.15) is 5.82 Å². The first-order valence-corrected chi connectivity index (χ1v) is 9.58. The summed E-state index contributed by atoms with van der Waals surface area (Å²) in [6.45, 7) is 7.99. The Bertz CT molecular complexity index is 903. The van der Waals surface area contributed by atoms with Crippen molar-refractivity contribution in [1.29, 1.82) is 0 Å². The molecule has 4 rings (SSSR count). The number of benzene rings is 1. The molecule has 0 saturated carbocycles. The highest BCUT2D eigenvalue weighted by molar-refractivity contribution is 5.68. The number of rotatable bonds is 6. The van der Waals surface area contributed by atoms with Gasteiger partial charge in [0, 0.05) is 25.8 Å². The molecule has 0 amide bonds. The van der Waals surface area contributed by atoms with Crippen molar-refractivity contribution in [2.24, 2.45) is 0 Å². The number of nitrogens with zero attached hydrogens (tertiary/aromatic N) is 4. The number of aromatic nitrogens is 3. The Morgan fingerprint density at radius 2 is 1.89 bits per heavy atom. The van der Waals surface area contributed by atoms with Crippen LogP contribution in [0.15, 0.2) is 47.1 Å². The van der Waals surface area contributed by atoms with E-state index < -0.39 is 0 Å². The number of morpholine rings is 1. The third-order valence-corrected chi connectivity index (χ3v) is 4.98. The molecule has 3 aromatic rings. The molecule has 146 valence electrons. The quantitative estimate of drug-likeness (QED) is 0.704. The molecule has 28 heavy (non-hydrogen) atoms. The first-order valence-electron chi connectivity index (χ1n) is 9.58. The number of hydrogen-bond acceptors (Lipinski definition) is 7. The van der Waals surface area contributed by atoms with Gasteiger partial charge in [-0.2, -0.15) is 4.98 Å². The Balaban J connectivity index is 1.57. The molecular weight excluding hydrogens is 354 g/mol. The van der Waals surface area contributed by atoms with E-state index in [1.807, 2.05) is 19.1 Å². The molecular formula is C21H25N5O2. The molecule has 2 aromatic heterocycles. The van der Waals surface area contributed by atoms with E-state index in [1.54, 1.807) is 6.20 Å². The summed E-state index contributed by atoms with van der Waals surface area (Å²) in [6, 6.07) is 12.8. The Kier molecular flexibility index (Phi) is 5.64. The van der Waals surface area contributed by atoms with Crippen molar-refractivity contribution < 1.29 is 9.26 Å². The Hall–Kier alpha value is -2.77. The molecule has 7 heteroatoms. The van der Waals surface area contributed by atoms with Gasteiger partial charge in [-0.15, -0.1) is 0 Å². The molecule has 0 aliphatic carbocycles. The van der Waals surface area contributed by atoms with Crippen LogP contribution in [0.25, 0.3) is 11.5 Å². The van der Waals surface area contributed by atoms with Gasteiger partial charge in [0.2, 0.25) is 0 Å². The van der Waals surface area contributed by atoms with Gasteiger partial charge in [-0.25, -0.2) is 4.98 Å². The molecule has 1 aliphatic heterocycles. The minimum atomic E-state index is 0.226. The highest BCUT2D eigenvalue weighted by atomic mass is 16.5. The molecule has 7 nitrogen and oxygen atoms in total. The fourth-order valence-electron chi connectivity index (χ4n) is 3.45. The maximum atomic E-state index is 5.54. The topological polar surface area (TPSA) is 76.3 Å². The highest BCUT2D eigenvalue weighted by Gasteiger charge is 2.23. The summed E-state index contributed by atoms with van der Waals surface area (Å²) < 4.78 is 10.9. The predicted molar refractivity (Wildman–Crippen MR) is 107 cm³/mol. The smallest absolute Gasteiger partial charge is 0.261 e. The lowest BCUT2D eigenvalue weighted by Crippen LogP contribution is -2.41. The predicted octanol–water partition coefficient (Wildman–Crippen LogP) is 3.23. The van der Waals surface area contributed by atoms with E-state index in [1.165, 1.54) is 11.1 Å². The summed E-state index contributed by atoms with van der Waals surface area (Å²) in [5, 5.41) is 7.40. The van der Waals surface area contributed by atoms with E-state index >= 15 is 0 Å². The van der Waals surface area contributed by atoms with E-state index in [0.717, 1.165) is 44.2 Å². The van der Waals surface area contributed by atoms with Gasteiger partial charge in [0.05, 0.1) is 24.8 Å². The zero-order chi connectivity index (χ0) is 19.3. The summed E-state index contributed by atoms with van der Waals surface area (Å²) >= 11 is 0. The minimum Gasteiger partial charge on any atom is -0.379 e. The SMILES string of the molecule is Cc1ccc(C(CNc2ncccc2-c2nc(C)no2)N2CCOCC2)cc1. The van der Waals surface area contributed by atoms with Crippen molar-refractivity contribution in [3.63, 3.8) is 0 Å². The summed E-state index contributed by atoms with van der Waals surface area (Å²) in [6.07, 6.45) is 1.77. The lowest BCUT2D eigenvalue weighted by Gasteiger charge is -2.35. The van der Waals surface area contributed by atoms with Crippen molar-refractivity contribution in [3.05, 3.63) is 59.5 Å². The van der Waals surface area contributed by atoms with E-state index in [-0.39, 0.29) is 6.04 Å². The molecule has 1 aromatic carbocycles. The van der Waals surface area contributed by atoms with Crippen molar-refractivity contribution in [3.8, 4) is 11.5 Å². The molecule has 0 spiro atoms. The van der Waals surface area contributed by atoms with Crippen LogP contribution in [0, 0.1) is 13.8 Å². The van der Waals surface area contributed by atoms with Crippen LogP contribution >= 0.6 is 0 Å². The zero-order valence-electron chi connectivity index (χ0n) is 16.3. The average molecular weight is 379 g/mol. The normalized spacial score (nSPS) is 16.1. The van der Waals surface area contributed by atoms with E-state index in [0.29, 0.717) is 11.7 Å².